The van der Waals surface area contributed by atoms with Crippen molar-refractivity contribution >= 4 is 12.2 Å². The Morgan fingerprint density at radius 3 is 2.17 bits per heavy atom. The lowest BCUT2D eigenvalue weighted by atomic mass is 10.1. The molecule has 2 nitrogen and oxygen atoms in total. The monoisotopic (exact) mass is 167 g/mol. The second-order valence-corrected chi connectivity index (χ2v) is 2.87. The van der Waals surface area contributed by atoms with Crippen LogP contribution in [0.3, 0.4) is 0 Å². The van der Waals surface area contributed by atoms with E-state index in [1.54, 1.807) is 12.0 Å². The second-order valence-electron chi connectivity index (χ2n) is 2.87. The average molecular weight is 167 g/mol. The van der Waals surface area contributed by atoms with Crippen molar-refractivity contribution < 1.29 is 4.79 Å². The van der Waals surface area contributed by atoms with Crippen LogP contribution in [0.25, 0.3) is 0 Å². The van der Waals surface area contributed by atoms with E-state index in [1.165, 1.54) is 25.5 Å². The molecule has 0 aliphatic carbocycles. The minimum atomic E-state index is 0.869. The zero-order valence-corrected chi connectivity index (χ0v) is 7.51. The lowest BCUT2D eigenvalue weighted by Crippen LogP contribution is -1.79. The van der Waals surface area contributed by atoms with Crippen LogP contribution in [0.15, 0.2) is 6.08 Å². The van der Waals surface area contributed by atoms with Crippen LogP contribution in [0.2, 0.25) is 0 Å². The molecule has 0 bridgehead atoms. The normalized spacial score (nSPS) is 9.00. The molecule has 68 valence electrons. The molecular formula is C10H17NO. The van der Waals surface area contributed by atoms with Crippen molar-refractivity contribution in [1.29, 1.82) is 5.41 Å². The van der Waals surface area contributed by atoms with Gasteiger partial charge in [0.25, 0.3) is 0 Å². The van der Waals surface area contributed by atoms with Crippen LogP contribution < -0.4 is 0 Å². The maximum atomic E-state index is 9.77. The van der Waals surface area contributed by atoms with E-state index in [4.69, 9.17) is 5.41 Å². The Bertz CT molecular complexity index is 148. The highest BCUT2D eigenvalue weighted by Gasteiger charge is 1.88. The van der Waals surface area contributed by atoms with Gasteiger partial charge in [0, 0.05) is 0 Å². The van der Waals surface area contributed by atoms with Gasteiger partial charge in [-0.25, -0.2) is 4.79 Å². The topological polar surface area (TPSA) is 40.9 Å². The zero-order chi connectivity index (χ0) is 9.07. The molecule has 0 spiro atoms. The average Bonchev–Trinajstić information content (AvgIpc) is 2.10. The molecule has 0 radical (unpaired) electrons. The molecule has 0 aliphatic rings. The molecule has 0 aliphatic heterocycles. The molecule has 12 heavy (non-hydrogen) atoms. The highest BCUT2D eigenvalue weighted by molar-refractivity contribution is 5.52. The molecule has 0 fully saturated rings. The van der Waals surface area contributed by atoms with Gasteiger partial charge < -0.3 is 5.41 Å². The Morgan fingerprint density at radius 1 is 1.00 bits per heavy atom. The van der Waals surface area contributed by atoms with E-state index >= 15 is 0 Å². The van der Waals surface area contributed by atoms with E-state index in [9.17, 15) is 4.79 Å². The van der Waals surface area contributed by atoms with Crippen molar-refractivity contribution in [1.82, 2.24) is 0 Å². The van der Waals surface area contributed by atoms with Gasteiger partial charge in [-0.15, -0.1) is 0 Å². The first-order valence-corrected chi connectivity index (χ1v) is 4.60. The number of carbonyl (C=O) groups excluding carboxylic acids is 1. The summed E-state index contributed by atoms with van der Waals surface area (Å²) >= 11 is 0. The predicted molar refractivity (Wildman–Crippen MR) is 51.4 cm³/mol. The fraction of sp³-hybridized carbons (Fsp3) is 0.700. The Labute approximate surface area is 74.2 Å². The molecule has 0 atom stereocenters. The highest BCUT2D eigenvalue weighted by atomic mass is 16.1. The van der Waals surface area contributed by atoms with Crippen molar-refractivity contribution in [3.8, 4) is 0 Å². The fourth-order valence-electron chi connectivity index (χ4n) is 1.08. The predicted octanol–water partition coefficient (Wildman–Crippen LogP) is 2.75. The third kappa shape index (κ3) is 9.12. The molecular weight excluding hydrogens is 150 g/mol. The molecule has 0 heterocycles. The summed E-state index contributed by atoms with van der Waals surface area (Å²) in [4.78, 5) is 9.77. The van der Waals surface area contributed by atoms with Gasteiger partial charge in [0.2, 0.25) is 0 Å². The van der Waals surface area contributed by atoms with Crippen molar-refractivity contribution in [3.63, 3.8) is 0 Å². The van der Waals surface area contributed by atoms with Gasteiger partial charge in [-0.2, -0.15) is 0 Å². The van der Waals surface area contributed by atoms with E-state index in [0.717, 1.165) is 25.7 Å². The molecule has 0 amide bonds. The Hall–Kier alpha value is -0.880. The summed E-state index contributed by atoms with van der Waals surface area (Å²) in [6.45, 7) is 0. The van der Waals surface area contributed by atoms with E-state index in [0.29, 0.717) is 0 Å². The van der Waals surface area contributed by atoms with Crippen molar-refractivity contribution in [2.75, 3.05) is 0 Å². The summed E-state index contributed by atoms with van der Waals surface area (Å²) in [6.07, 6.45) is 10.7. The fourth-order valence-corrected chi connectivity index (χ4v) is 1.08. The van der Waals surface area contributed by atoms with E-state index < -0.39 is 0 Å². The first-order chi connectivity index (χ1) is 5.91. The van der Waals surface area contributed by atoms with Gasteiger partial charge in [0.1, 0.15) is 5.94 Å². The maximum absolute atomic E-state index is 9.77. The van der Waals surface area contributed by atoms with Gasteiger partial charge >= 0.3 is 0 Å². The van der Waals surface area contributed by atoms with E-state index in [1.807, 2.05) is 0 Å². The zero-order valence-electron chi connectivity index (χ0n) is 7.51. The Kier molecular flexibility index (Phi) is 9.38. The van der Waals surface area contributed by atoms with Crippen LogP contribution in [0.1, 0.15) is 44.9 Å². The van der Waals surface area contributed by atoms with Crippen LogP contribution in [0.4, 0.5) is 0 Å². The van der Waals surface area contributed by atoms with Crippen molar-refractivity contribution in [2.24, 2.45) is 0 Å². The molecule has 0 rings (SSSR count). The standard InChI is InChI=1S/C10H17NO/c11-9-7-5-3-1-2-4-6-8-10-12/h8-9,11H,1-7H2. The molecule has 0 aromatic carbocycles. The van der Waals surface area contributed by atoms with Gasteiger partial charge in [-0.3, -0.25) is 0 Å². The summed E-state index contributed by atoms with van der Waals surface area (Å²) in [5.41, 5.74) is 0. The Balaban J connectivity index is 2.90. The van der Waals surface area contributed by atoms with E-state index in [-0.39, 0.29) is 0 Å². The molecule has 0 aromatic rings. The van der Waals surface area contributed by atoms with Gasteiger partial charge in [0.05, 0.1) is 0 Å². The van der Waals surface area contributed by atoms with Crippen LogP contribution in [-0.2, 0) is 4.79 Å². The summed E-state index contributed by atoms with van der Waals surface area (Å²) in [5.74, 6) is 1.77. The molecule has 0 aromatic heterocycles. The van der Waals surface area contributed by atoms with Crippen LogP contribution in [0.5, 0.6) is 0 Å². The summed E-state index contributed by atoms with van der Waals surface area (Å²) in [5, 5.41) is 6.80. The molecule has 1 N–H and O–H groups in total. The molecule has 2 heteroatoms. The second kappa shape index (κ2) is 10.1. The van der Waals surface area contributed by atoms with Gasteiger partial charge in [-0.05, 0) is 38.0 Å². The van der Waals surface area contributed by atoms with Crippen molar-refractivity contribution in [3.05, 3.63) is 6.08 Å². The maximum Gasteiger partial charge on any atom is 0.120 e. The lowest BCUT2D eigenvalue weighted by Gasteiger charge is -1.96. The van der Waals surface area contributed by atoms with Crippen molar-refractivity contribution in [2.45, 2.75) is 44.9 Å². The highest BCUT2D eigenvalue weighted by Crippen LogP contribution is 2.06. The van der Waals surface area contributed by atoms with Crippen LogP contribution in [-0.4, -0.2) is 12.2 Å². The third-order valence-corrected chi connectivity index (χ3v) is 1.78. The first kappa shape index (κ1) is 11.1. The summed E-state index contributed by atoms with van der Waals surface area (Å²) < 4.78 is 0. The van der Waals surface area contributed by atoms with Crippen LogP contribution in [0, 0.1) is 5.41 Å². The van der Waals surface area contributed by atoms with Gasteiger partial charge in [-0.1, -0.05) is 19.3 Å². The number of nitrogens with one attached hydrogen (secondary N) is 1. The lowest BCUT2D eigenvalue weighted by molar-refractivity contribution is 0.567. The minimum absolute atomic E-state index is 0.869. The number of allylic oxidation sites excluding steroid dienone is 1. The number of hydrogen-bond donors (Lipinski definition) is 1. The SMILES string of the molecule is N=CCCCCCCCC=C=O. The number of rotatable bonds is 8. The molecule has 0 saturated carbocycles. The Morgan fingerprint density at radius 2 is 1.58 bits per heavy atom. The van der Waals surface area contributed by atoms with Crippen LogP contribution >= 0.6 is 0 Å². The van der Waals surface area contributed by atoms with E-state index in [2.05, 4.69) is 0 Å². The summed E-state index contributed by atoms with van der Waals surface area (Å²) in [7, 11) is 0. The quantitative estimate of drug-likeness (QED) is 0.337. The summed E-state index contributed by atoms with van der Waals surface area (Å²) in [6, 6.07) is 0. The smallest absolute Gasteiger partial charge is 0.120 e. The largest absolute Gasteiger partial charge is 0.313 e. The number of hydrogen-bond acceptors (Lipinski definition) is 2. The van der Waals surface area contributed by atoms with Gasteiger partial charge in [0.15, 0.2) is 0 Å². The molecule has 0 saturated heterocycles. The first-order valence-electron chi connectivity index (χ1n) is 4.60. The minimum Gasteiger partial charge on any atom is -0.313 e. The molecule has 0 unspecified atom stereocenters. The number of unbranched alkanes of at least 4 members (excludes halogenated alkanes) is 6. The third-order valence-electron chi connectivity index (χ3n) is 1.78.